The van der Waals surface area contributed by atoms with E-state index in [4.69, 9.17) is 9.47 Å². The highest BCUT2D eigenvalue weighted by atomic mass is 16.5. The predicted octanol–water partition coefficient (Wildman–Crippen LogP) is 6.18. The molecular formula is C32H40N2O3. The van der Waals surface area contributed by atoms with Crippen molar-refractivity contribution in [2.75, 3.05) is 51.3 Å². The molecule has 0 N–H and O–H groups in total. The number of piperazine rings is 1. The Balaban J connectivity index is 1.33. The fourth-order valence-corrected chi connectivity index (χ4v) is 5.16. The third-order valence-corrected chi connectivity index (χ3v) is 7.45. The smallest absolute Gasteiger partial charge is 0.316 e. The first-order valence-electron chi connectivity index (χ1n) is 13.5. The van der Waals surface area contributed by atoms with E-state index in [-0.39, 0.29) is 5.97 Å². The van der Waals surface area contributed by atoms with E-state index in [0.717, 1.165) is 68.9 Å². The van der Waals surface area contributed by atoms with Gasteiger partial charge in [-0.1, -0.05) is 67.6 Å². The molecule has 3 aromatic rings. The van der Waals surface area contributed by atoms with Crippen LogP contribution in [-0.2, 0) is 14.9 Å². The van der Waals surface area contributed by atoms with E-state index in [1.165, 1.54) is 11.3 Å². The normalized spacial score (nSPS) is 15.7. The zero-order chi connectivity index (χ0) is 26.1. The van der Waals surface area contributed by atoms with E-state index in [1.54, 1.807) is 7.11 Å². The monoisotopic (exact) mass is 500 g/mol. The van der Waals surface area contributed by atoms with Crippen LogP contribution in [0.25, 0.3) is 11.1 Å². The Bertz CT molecular complexity index is 1140. The second kappa shape index (κ2) is 12.8. The maximum absolute atomic E-state index is 13.0. The SMILES string of the molecule is CCCOC(=O)C(C)(CCCN1CCN(c2cccc(-c3ccccc3OC)c2)CC1)c1ccccc1. The third kappa shape index (κ3) is 6.53. The Morgan fingerprint density at radius 1 is 0.919 bits per heavy atom. The number of benzene rings is 3. The van der Waals surface area contributed by atoms with Gasteiger partial charge in [0.15, 0.2) is 0 Å². The minimum atomic E-state index is -0.614. The molecule has 5 nitrogen and oxygen atoms in total. The van der Waals surface area contributed by atoms with Crippen LogP contribution in [0.4, 0.5) is 5.69 Å². The van der Waals surface area contributed by atoms with Crippen LogP contribution in [-0.4, -0.2) is 57.3 Å². The van der Waals surface area contributed by atoms with E-state index in [2.05, 4.69) is 46.2 Å². The molecule has 1 aliphatic rings. The molecule has 1 unspecified atom stereocenters. The van der Waals surface area contributed by atoms with Crippen molar-refractivity contribution in [1.82, 2.24) is 4.90 Å². The van der Waals surface area contributed by atoms with Crippen LogP contribution in [0.3, 0.4) is 0 Å². The standard InChI is InChI=1S/C32H40N2O3/c1-4-24-37-31(35)32(2,27-13-6-5-7-14-27)18-11-19-33-20-22-34(23-21-33)28-15-10-12-26(25-28)29-16-8-9-17-30(29)36-3/h5-10,12-17,25H,4,11,18-24H2,1-3H3. The molecule has 0 aromatic heterocycles. The van der Waals surface area contributed by atoms with Crippen molar-refractivity contribution in [1.29, 1.82) is 0 Å². The van der Waals surface area contributed by atoms with Crippen LogP contribution in [0.15, 0.2) is 78.9 Å². The van der Waals surface area contributed by atoms with E-state index < -0.39 is 5.41 Å². The summed E-state index contributed by atoms with van der Waals surface area (Å²) in [4.78, 5) is 18.0. The van der Waals surface area contributed by atoms with Crippen LogP contribution in [0.5, 0.6) is 5.75 Å². The molecular weight excluding hydrogens is 460 g/mol. The summed E-state index contributed by atoms with van der Waals surface area (Å²) in [6.45, 7) is 9.53. The van der Waals surface area contributed by atoms with Crippen LogP contribution >= 0.6 is 0 Å². The highest BCUT2D eigenvalue weighted by Gasteiger charge is 2.36. The summed E-state index contributed by atoms with van der Waals surface area (Å²) >= 11 is 0. The molecule has 1 saturated heterocycles. The highest BCUT2D eigenvalue weighted by molar-refractivity contribution is 5.82. The van der Waals surface area contributed by atoms with Crippen LogP contribution in [0, 0.1) is 0 Å². The Labute approximate surface area is 222 Å². The second-order valence-electron chi connectivity index (χ2n) is 10.0. The fourth-order valence-electron chi connectivity index (χ4n) is 5.16. The number of carbonyl (C=O) groups is 1. The van der Waals surface area contributed by atoms with Crippen LogP contribution < -0.4 is 9.64 Å². The molecule has 1 heterocycles. The summed E-state index contributed by atoms with van der Waals surface area (Å²) in [5.41, 5.74) is 3.96. The summed E-state index contributed by atoms with van der Waals surface area (Å²) in [6, 6.07) is 27.0. The van der Waals surface area contributed by atoms with E-state index in [9.17, 15) is 4.79 Å². The summed E-state index contributed by atoms with van der Waals surface area (Å²) < 4.78 is 11.2. The van der Waals surface area contributed by atoms with Gasteiger partial charge in [-0.15, -0.1) is 0 Å². The van der Waals surface area contributed by atoms with Crippen molar-refractivity contribution in [2.45, 2.75) is 38.5 Å². The average molecular weight is 501 g/mol. The molecule has 196 valence electrons. The molecule has 0 bridgehead atoms. The zero-order valence-electron chi connectivity index (χ0n) is 22.5. The van der Waals surface area contributed by atoms with Gasteiger partial charge in [-0.05, 0) is 62.1 Å². The van der Waals surface area contributed by atoms with Crippen molar-refractivity contribution >= 4 is 11.7 Å². The molecule has 1 fully saturated rings. The average Bonchev–Trinajstić information content (AvgIpc) is 2.96. The lowest BCUT2D eigenvalue weighted by atomic mass is 9.78. The molecule has 0 spiro atoms. The van der Waals surface area contributed by atoms with Gasteiger partial charge in [0.25, 0.3) is 0 Å². The van der Waals surface area contributed by atoms with E-state index >= 15 is 0 Å². The van der Waals surface area contributed by atoms with Crippen molar-refractivity contribution in [3.8, 4) is 16.9 Å². The molecule has 4 rings (SSSR count). The summed E-state index contributed by atoms with van der Waals surface area (Å²) in [5, 5.41) is 0. The summed E-state index contributed by atoms with van der Waals surface area (Å²) in [6.07, 6.45) is 2.57. The van der Waals surface area contributed by atoms with Crippen LogP contribution in [0.2, 0.25) is 0 Å². The maximum Gasteiger partial charge on any atom is 0.316 e. The van der Waals surface area contributed by atoms with E-state index in [0.29, 0.717) is 6.61 Å². The van der Waals surface area contributed by atoms with Crippen molar-refractivity contribution < 1.29 is 14.3 Å². The van der Waals surface area contributed by atoms with Crippen molar-refractivity contribution in [2.24, 2.45) is 0 Å². The number of ether oxygens (including phenoxy) is 2. The Kier molecular flexibility index (Phi) is 9.24. The number of methoxy groups -OCH3 is 1. The second-order valence-corrected chi connectivity index (χ2v) is 10.0. The van der Waals surface area contributed by atoms with Gasteiger partial charge in [0.2, 0.25) is 0 Å². The molecule has 3 aromatic carbocycles. The number of anilines is 1. The number of esters is 1. The summed E-state index contributed by atoms with van der Waals surface area (Å²) in [5.74, 6) is 0.783. The zero-order valence-corrected chi connectivity index (χ0v) is 22.5. The lowest BCUT2D eigenvalue weighted by molar-refractivity contribution is -0.150. The predicted molar refractivity (Wildman–Crippen MR) is 151 cm³/mol. The van der Waals surface area contributed by atoms with Crippen molar-refractivity contribution in [3.05, 3.63) is 84.4 Å². The number of para-hydroxylation sites is 1. The van der Waals surface area contributed by atoms with Gasteiger partial charge < -0.3 is 14.4 Å². The number of rotatable bonds is 11. The highest BCUT2D eigenvalue weighted by Crippen LogP contribution is 2.33. The fraction of sp³-hybridized carbons (Fsp3) is 0.406. The molecule has 37 heavy (non-hydrogen) atoms. The van der Waals surface area contributed by atoms with Gasteiger partial charge in [0.05, 0.1) is 19.1 Å². The Hall–Kier alpha value is -3.31. The number of hydrogen-bond acceptors (Lipinski definition) is 5. The molecule has 5 heteroatoms. The Morgan fingerprint density at radius 2 is 1.65 bits per heavy atom. The first-order chi connectivity index (χ1) is 18.0. The maximum atomic E-state index is 13.0. The van der Waals surface area contributed by atoms with Crippen molar-refractivity contribution in [3.63, 3.8) is 0 Å². The summed E-state index contributed by atoms with van der Waals surface area (Å²) in [7, 11) is 1.72. The first-order valence-corrected chi connectivity index (χ1v) is 13.5. The number of hydrogen-bond donors (Lipinski definition) is 0. The molecule has 0 saturated carbocycles. The van der Waals surface area contributed by atoms with Gasteiger partial charge in [-0.25, -0.2) is 0 Å². The minimum Gasteiger partial charge on any atom is -0.496 e. The number of nitrogens with zero attached hydrogens (tertiary/aromatic N) is 2. The van der Waals surface area contributed by atoms with Gasteiger partial charge in [-0.2, -0.15) is 0 Å². The lowest BCUT2D eigenvalue weighted by Gasteiger charge is -2.37. The third-order valence-electron chi connectivity index (χ3n) is 7.45. The lowest BCUT2D eigenvalue weighted by Crippen LogP contribution is -2.47. The first kappa shape index (κ1) is 26.7. The molecule has 0 amide bonds. The van der Waals surface area contributed by atoms with Crippen LogP contribution in [0.1, 0.15) is 38.7 Å². The van der Waals surface area contributed by atoms with Gasteiger partial charge in [0.1, 0.15) is 5.75 Å². The Morgan fingerprint density at radius 3 is 2.38 bits per heavy atom. The minimum absolute atomic E-state index is 0.111. The molecule has 1 atom stereocenters. The molecule has 0 aliphatic carbocycles. The van der Waals surface area contributed by atoms with E-state index in [1.807, 2.05) is 56.3 Å². The topological polar surface area (TPSA) is 42.0 Å². The van der Waals surface area contributed by atoms with Gasteiger partial charge in [0, 0.05) is 37.4 Å². The molecule has 0 radical (unpaired) electrons. The van der Waals surface area contributed by atoms with Gasteiger partial charge >= 0.3 is 5.97 Å². The quantitative estimate of drug-likeness (QED) is 0.294. The largest absolute Gasteiger partial charge is 0.496 e. The molecule has 1 aliphatic heterocycles. The van der Waals surface area contributed by atoms with Gasteiger partial charge in [-0.3, -0.25) is 9.69 Å². The number of carbonyl (C=O) groups excluding carboxylic acids is 1.